The Balaban J connectivity index is 1.29. The number of hydrogen-bond acceptors (Lipinski definition) is 3. The first-order chi connectivity index (χ1) is 23.3. The fourth-order valence-electron chi connectivity index (χ4n) is 8.08. The summed E-state index contributed by atoms with van der Waals surface area (Å²) in [4.78, 5) is 15.6. The number of hydrogen-bond donors (Lipinski definition) is 0. The van der Waals surface area contributed by atoms with Crippen molar-refractivity contribution in [1.29, 1.82) is 0 Å². The summed E-state index contributed by atoms with van der Waals surface area (Å²) < 4.78 is 0. The second-order valence-corrected chi connectivity index (χ2v) is 12.3. The monoisotopic (exact) mass is 597 g/mol. The van der Waals surface area contributed by atoms with Gasteiger partial charge in [0.15, 0.2) is 17.5 Å². The van der Waals surface area contributed by atoms with Gasteiger partial charge in [-0.15, -0.1) is 0 Å². The molecule has 218 valence electrons. The van der Waals surface area contributed by atoms with Crippen LogP contribution in [0.25, 0.3) is 67.2 Å². The predicted octanol–water partition coefficient (Wildman–Crippen LogP) is 10.4. The normalized spacial score (nSPS) is 13.3. The molecular weight excluding hydrogens is 571 g/mol. The zero-order chi connectivity index (χ0) is 31.0. The van der Waals surface area contributed by atoms with Gasteiger partial charge in [-0.3, -0.25) is 0 Å². The van der Waals surface area contributed by atoms with E-state index < -0.39 is 5.41 Å². The Kier molecular flexibility index (Phi) is 5.49. The summed E-state index contributed by atoms with van der Waals surface area (Å²) in [6.07, 6.45) is 0. The molecule has 47 heavy (non-hydrogen) atoms. The minimum atomic E-state index is -0.428. The second-order valence-electron chi connectivity index (χ2n) is 12.3. The van der Waals surface area contributed by atoms with E-state index in [0.29, 0.717) is 17.5 Å². The number of nitrogens with zero attached hydrogens (tertiary/aromatic N) is 3. The molecule has 0 N–H and O–H groups in total. The molecule has 0 radical (unpaired) electrons. The highest BCUT2D eigenvalue weighted by Gasteiger charge is 2.52. The maximum atomic E-state index is 5.28. The summed E-state index contributed by atoms with van der Waals surface area (Å²) in [5.41, 5.74) is 12.7. The molecule has 0 atom stereocenters. The van der Waals surface area contributed by atoms with Crippen molar-refractivity contribution >= 4 is 10.8 Å². The van der Waals surface area contributed by atoms with E-state index in [1.165, 1.54) is 44.5 Å². The summed E-state index contributed by atoms with van der Waals surface area (Å²) in [7, 11) is 0. The quantitative estimate of drug-likeness (QED) is 0.203. The Morgan fingerprint density at radius 3 is 1.53 bits per heavy atom. The lowest BCUT2D eigenvalue weighted by Gasteiger charge is -2.30. The van der Waals surface area contributed by atoms with E-state index in [1.807, 2.05) is 18.2 Å². The van der Waals surface area contributed by atoms with E-state index in [9.17, 15) is 0 Å². The predicted molar refractivity (Wildman–Crippen MR) is 190 cm³/mol. The van der Waals surface area contributed by atoms with E-state index in [0.717, 1.165) is 27.5 Å². The van der Waals surface area contributed by atoms with Crippen LogP contribution in [0.3, 0.4) is 0 Å². The van der Waals surface area contributed by atoms with Crippen LogP contribution in [0.1, 0.15) is 22.3 Å². The molecule has 0 saturated heterocycles. The lowest BCUT2D eigenvalue weighted by molar-refractivity contribution is 0.794. The fourth-order valence-corrected chi connectivity index (χ4v) is 8.08. The molecule has 0 amide bonds. The number of benzene rings is 7. The molecule has 3 nitrogen and oxygen atoms in total. The number of rotatable bonds is 3. The van der Waals surface area contributed by atoms with Crippen LogP contribution in [-0.2, 0) is 5.41 Å². The third-order valence-electron chi connectivity index (χ3n) is 9.96. The second kappa shape index (κ2) is 9.90. The lowest BCUT2D eigenvalue weighted by atomic mass is 9.70. The molecule has 1 spiro atoms. The van der Waals surface area contributed by atoms with Crippen molar-refractivity contribution in [2.24, 2.45) is 0 Å². The van der Waals surface area contributed by atoms with Gasteiger partial charge in [0.1, 0.15) is 0 Å². The standard InChI is InChI=1S/C44H27N3/c1-2-15-29(16-3-1)41-45-42(33-22-12-17-28-14-4-5-18-30(28)33)47-43(46-41)35-23-13-27-39-40(35)34-21-8-11-26-38(34)44(39)36-24-9-6-19-31(36)32-20-7-10-25-37(32)44/h1-27H. The van der Waals surface area contributed by atoms with E-state index in [4.69, 9.17) is 15.0 Å². The lowest BCUT2D eigenvalue weighted by Crippen LogP contribution is -2.25. The highest BCUT2D eigenvalue weighted by molar-refractivity contribution is 6.00. The molecular formula is C44H27N3. The molecule has 1 heterocycles. The first kappa shape index (κ1) is 26.1. The SMILES string of the molecule is c1ccc(-c2nc(-c3cccc4c3-c3ccccc3C43c4ccccc4-c4ccccc43)nc(-c3cccc4ccccc34)n2)cc1. The maximum absolute atomic E-state index is 5.28. The van der Waals surface area contributed by atoms with Crippen molar-refractivity contribution in [3.05, 3.63) is 186 Å². The third kappa shape index (κ3) is 3.60. The summed E-state index contributed by atoms with van der Waals surface area (Å²) in [6, 6.07) is 58.3. The number of fused-ring (bicyclic) bond motifs is 11. The fraction of sp³-hybridized carbons (Fsp3) is 0.0227. The van der Waals surface area contributed by atoms with Gasteiger partial charge in [-0.2, -0.15) is 0 Å². The van der Waals surface area contributed by atoms with Crippen LogP contribution < -0.4 is 0 Å². The summed E-state index contributed by atoms with van der Waals surface area (Å²) in [5.74, 6) is 2.00. The van der Waals surface area contributed by atoms with Crippen molar-refractivity contribution in [3.8, 4) is 56.4 Å². The summed E-state index contributed by atoms with van der Waals surface area (Å²) in [5, 5.41) is 2.27. The highest BCUT2D eigenvalue weighted by atomic mass is 15.0. The topological polar surface area (TPSA) is 38.7 Å². The van der Waals surface area contributed by atoms with Gasteiger partial charge >= 0.3 is 0 Å². The van der Waals surface area contributed by atoms with Crippen molar-refractivity contribution in [3.63, 3.8) is 0 Å². The average Bonchev–Trinajstić information content (AvgIpc) is 3.62. The molecule has 3 heteroatoms. The largest absolute Gasteiger partial charge is 0.208 e. The molecule has 7 aromatic carbocycles. The molecule has 0 saturated carbocycles. The molecule has 2 aliphatic carbocycles. The van der Waals surface area contributed by atoms with Crippen LogP contribution in [0.2, 0.25) is 0 Å². The molecule has 8 aromatic rings. The van der Waals surface area contributed by atoms with E-state index in [-0.39, 0.29) is 0 Å². The zero-order valence-electron chi connectivity index (χ0n) is 25.4. The number of aromatic nitrogens is 3. The van der Waals surface area contributed by atoms with Gasteiger partial charge in [0.05, 0.1) is 5.41 Å². The van der Waals surface area contributed by atoms with Crippen LogP contribution >= 0.6 is 0 Å². The van der Waals surface area contributed by atoms with Gasteiger partial charge in [-0.1, -0.05) is 164 Å². The first-order valence-corrected chi connectivity index (χ1v) is 16.0. The molecule has 0 bridgehead atoms. The van der Waals surface area contributed by atoms with Crippen molar-refractivity contribution < 1.29 is 0 Å². The van der Waals surface area contributed by atoms with E-state index in [2.05, 4.69) is 146 Å². The Morgan fingerprint density at radius 1 is 0.319 bits per heavy atom. The minimum absolute atomic E-state index is 0.428. The molecule has 0 aliphatic heterocycles. The molecule has 2 aliphatic rings. The third-order valence-corrected chi connectivity index (χ3v) is 9.96. The minimum Gasteiger partial charge on any atom is -0.208 e. The van der Waals surface area contributed by atoms with Gasteiger partial charge < -0.3 is 0 Å². The molecule has 0 unspecified atom stereocenters. The van der Waals surface area contributed by atoms with Crippen LogP contribution in [0.5, 0.6) is 0 Å². The van der Waals surface area contributed by atoms with Crippen LogP contribution in [0.15, 0.2) is 164 Å². The first-order valence-electron chi connectivity index (χ1n) is 16.0. The van der Waals surface area contributed by atoms with E-state index in [1.54, 1.807) is 0 Å². The molecule has 1 aromatic heterocycles. The van der Waals surface area contributed by atoms with Crippen molar-refractivity contribution in [2.75, 3.05) is 0 Å². The van der Waals surface area contributed by atoms with Gasteiger partial charge in [0.2, 0.25) is 0 Å². The Hall–Kier alpha value is -6.19. The smallest absolute Gasteiger partial charge is 0.164 e. The highest BCUT2D eigenvalue weighted by Crippen LogP contribution is 2.63. The van der Waals surface area contributed by atoms with Gasteiger partial charge in [-0.05, 0) is 55.3 Å². The van der Waals surface area contributed by atoms with Gasteiger partial charge in [0, 0.05) is 16.7 Å². The van der Waals surface area contributed by atoms with Crippen LogP contribution in [0, 0.1) is 0 Å². The van der Waals surface area contributed by atoms with Gasteiger partial charge in [-0.25, -0.2) is 15.0 Å². The molecule has 0 fully saturated rings. The maximum Gasteiger partial charge on any atom is 0.164 e. The van der Waals surface area contributed by atoms with Gasteiger partial charge in [0.25, 0.3) is 0 Å². The zero-order valence-corrected chi connectivity index (χ0v) is 25.4. The summed E-state index contributed by atoms with van der Waals surface area (Å²) in [6.45, 7) is 0. The Morgan fingerprint density at radius 2 is 0.787 bits per heavy atom. The van der Waals surface area contributed by atoms with Crippen LogP contribution in [0.4, 0.5) is 0 Å². The summed E-state index contributed by atoms with van der Waals surface area (Å²) >= 11 is 0. The molecule has 10 rings (SSSR count). The van der Waals surface area contributed by atoms with Crippen LogP contribution in [-0.4, -0.2) is 15.0 Å². The van der Waals surface area contributed by atoms with Crippen molar-refractivity contribution in [2.45, 2.75) is 5.41 Å². The van der Waals surface area contributed by atoms with Crippen molar-refractivity contribution in [1.82, 2.24) is 15.0 Å². The van der Waals surface area contributed by atoms with E-state index >= 15 is 0 Å². The Bertz CT molecular complexity index is 2480. The Labute approximate surface area is 272 Å². The average molecular weight is 598 g/mol.